The zero-order chi connectivity index (χ0) is 12.5. The van der Waals surface area contributed by atoms with Crippen molar-refractivity contribution in [3.05, 3.63) is 35.5 Å². The first-order chi connectivity index (χ1) is 8.70. The molecule has 0 saturated carbocycles. The van der Waals surface area contributed by atoms with Crippen LogP contribution in [-0.4, -0.2) is 11.8 Å². The Hall–Kier alpha value is -2.14. The number of anilines is 3. The number of hydrogen-bond acceptors (Lipinski definition) is 5. The number of nitrogens with one attached hydrogen (secondary N) is 1. The van der Waals surface area contributed by atoms with Crippen LogP contribution in [0.2, 0.25) is 5.15 Å². The van der Waals surface area contributed by atoms with Crippen LogP contribution >= 0.6 is 11.6 Å². The summed E-state index contributed by atoms with van der Waals surface area (Å²) < 4.78 is 10.5. The molecule has 0 fully saturated rings. The number of nitrogens with zero attached hydrogens (tertiary/aromatic N) is 1. The lowest BCUT2D eigenvalue weighted by molar-refractivity contribution is 0.174. The highest BCUT2D eigenvalue weighted by Crippen LogP contribution is 2.35. The third-order valence-corrected chi connectivity index (χ3v) is 2.66. The molecule has 1 aliphatic heterocycles. The van der Waals surface area contributed by atoms with Crippen molar-refractivity contribution < 1.29 is 9.47 Å². The van der Waals surface area contributed by atoms with E-state index in [9.17, 15) is 0 Å². The zero-order valence-corrected chi connectivity index (χ0v) is 10.1. The Morgan fingerprint density at radius 1 is 1.17 bits per heavy atom. The number of halogens is 1. The highest BCUT2D eigenvalue weighted by atomic mass is 35.5. The molecule has 0 saturated heterocycles. The van der Waals surface area contributed by atoms with Crippen molar-refractivity contribution in [1.82, 2.24) is 4.98 Å². The minimum Gasteiger partial charge on any atom is -0.454 e. The molecule has 6 heteroatoms. The van der Waals surface area contributed by atoms with Crippen molar-refractivity contribution in [2.24, 2.45) is 0 Å². The predicted octanol–water partition coefficient (Wildman–Crippen LogP) is 2.79. The Kier molecular flexibility index (Phi) is 2.60. The first kappa shape index (κ1) is 11.0. The predicted molar refractivity (Wildman–Crippen MR) is 69.5 cm³/mol. The van der Waals surface area contributed by atoms with Crippen molar-refractivity contribution >= 4 is 28.8 Å². The molecule has 0 aliphatic carbocycles. The van der Waals surface area contributed by atoms with E-state index in [1.807, 2.05) is 18.2 Å². The van der Waals surface area contributed by atoms with Crippen molar-refractivity contribution in [2.45, 2.75) is 0 Å². The molecular weight excluding hydrogens is 254 g/mol. The van der Waals surface area contributed by atoms with Gasteiger partial charge >= 0.3 is 0 Å². The van der Waals surface area contributed by atoms with Gasteiger partial charge in [-0.3, -0.25) is 0 Å². The first-order valence-corrected chi connectivity index (χ1v) is 5.68. The van der Waals surface area contributed by atoms with E-state index in [0.717, 1.165) is 11.4 Å². The summed E-state index contributed by atoms with van der Waals surface area (Å²) in [6, 6.07) is 8.83. The molecule has 0 amide bonds. The molecule has 1 aliphatic rings. The van der Waals surface area contributed by atoms with Gasteiger partial charge in [-0.05, 0) is 18.2 Å². The number of ether oxygens (including phenoxy) is 2. The van der Waals surface area contributed by atoms with Gasteiger partial charge in [-0.15, -0.1) is 0 Å². The molecule has 3 rings (SSSR count). The van der Waals surface area contributed by atoms with Crippen LogP contribution in [0.4, 0.5) is 17.2 Å². The van der Waals surface area contributed by atoms with Crippen LogP contribution in [0.3, 0.4) is 0 Å². The van der Waals surface area contributed by atoms with Crippen LogP contribution in [-0.2, 0) is 0 Å². The number of pyridine rings is 1. The number of hydrogen-bond donors (Lipinski definition) is 2. The third kappa shape index (κ3) is 2.12. The summed E-state index contributed by atoms with van der Waals surface area (Å²) in [5.74, 6) is 2.02. The largest absolute Gasteiger partial charge is 0.454 e. The number of nitrogen functional groups attached to an aromatic ring is 1. The third-order valence-electron chi connectivity index (χ3n) is 2.46. The van der Waals surface area contributed by atoms with Crippen LogP contribution in [0, 0.1) is 0 Å². The molecule has 1 aromatic carbocycles. The first-order valence-electron chi connectivity index (χ1n) is 5.30. The molecule has 0 spiro atoms. The fourth-order valence-electron chi connectivity index (χ4n) is 1.70. The van der Waals surface area contributed by atoms with Gasteiger partial charge in [0.25, 0.3) is 0 Å². The van der Waals surface area contributed by atoms with Gasteiger partial charge in [0, 0.05) is 23.5 Å². The van der Waals surface area contributed by atoms with Gasteiger partial charge in [0.05, 0.1) is 0 Å². The highest BCUT2D eigenvalue weighted by Gasteiger charge is 2.13. The summed E-state index contributed by atoms with van der Waals surface area (Å²) >= 11 is 5.83. The molecule has 0 atom stereocenters. The number of rotatable bonds is 2. The van der Waals surface area contributed by atoms with Crippen LogP contribution in [0.25, 0.3) is 0 Å². The van der Waals surface area contributed by atoms with E-state index in [0.29, 0.717) is 22.4 Å². The fourth-order valence-corrected chi connectivity index (χ4v) is 1.92. The summed E-state index contributed by atoms with van der Waals surface area (Å²) in [7, 11) is 0. The Bertz CT molecular complexity index is 584. The molecule has 0 bridgehead atoms. The van der Waals surface area contributed by atoms with Crippen LogP contribution in [0.5, 0.6) is 11.5 Å². The number of fused-ring (bicyclic) bond motifs is 1. The summed E-state index contributed by atoms with van der Waals surface area (Å²) in [4.78, 5) is 4.13. The van der Waals surface area contributed by atoms with Crippen molar-refractivity contribution in [2.75, 3.05) is 17.8 Å². The average molecular weight is 264 g/mol. The van der Waals surface area contributed by atoms with E-state index in [-0.39, 0.29) is 6.79 Å². The lowest BCUT2D eigenvalue weighted by Crippen LogP contribution is -1.96. The Balaban J connectivity index is 1.88. The maximum atomic E-state index is 5.83. The van der Waals surface area contributed by atoms with E-state index >= 15 is 0 Å². The molecule has 1 aromatic heterocycles. The smallest absolute Gasteiger partial charge is 0.231 e. The lowest BCUT2D eigenvalue weighted by Gasteiger charge is -2.07. The minimum absolute atomic E-state index is 0.251. The summed E-state index contributed by atoms with van der Waals surface area (Å²) in [5, 5.41) is 3.45. The number of aromatic nitrogens is 1. The van der Waals surface area contributed by atoms with Gasteiger partial charge in [-0.25, -0.2) is 4.98 Å². The second kappa shape index (κ2) is 4.27. The molecule has 0 unspecified atom stereocenters. The monoisotopic (exact) mass is 263 g/mol. The minimum atomic E-state index is 0.251. The Labute approximate surface area is 108 Å². The summed E-state index contributed by atoms with van der Waals surface area (Å²) in [6.07, 6.45) is 0. The molecule has 0 radical (unpaired) electrons. The van der Waals surface area contributed by atoms with E-state index < -0.39 is 0 Å². The average Bonchev–Trinajstić information content (AvgIpc) is 2.74. The van der Waals surface area contributed by atoms with E-state index in [2.05, 4.69) is 10.3 Å². The lowest BCUT2D eigenvalue weighted by atomic mass is 10.2. The second-order valence-electron chi connectivity index (χ2n) is 3.80. The maximum absolute atomic E-state index is 5.83. The van der Waals surface area contributed by atoms with E-state index in [1.165, 1.54) is 0 Å². The van der Waals surface area contributed by atoms with Gasteiger partial charge in [0.2, 0.25) is 6.79 Å². The van der Waals surface area contributed by atoms with Crippen molar-refractivity contribution in [3.8, 4) is 11.5 Å². The molecule has 2 aromatic rings. The van der Waals surface area contributed by atoms with Crippen molar-refractivity contribution in [3.63, 3.8) is 0 Å². The Morgan fingerprint density at radius 3 is 2.83 bits per heavy atom. The molecule has 18 heavy (non-hydrogen) atoms. The SMILES string of the molecule is Nc1cc(Cl)nc(Nc2ccc3c(c2)OCO3)c1. The molecule has 3 N–H and O–H groups in total. The van der Waals surface area contributed by atoms with Gasteiger partial charge in [0.15, 0.2) is 11.5 Å². The summed E-state index contributed by atoms with van der Waals surface area (Å²) in [6.45, 7) is 0.251. The topological polar surface area (TPSA) is 69.4 Å². The molecule has 5 nitrogen and oxygen atoms in total. The maximum Gasteiger partial charge on any atom is 0.231 e. The quantitative estimate of drug-likeness (QED) is 0.816. The Morgan fingerprint density at radius 2 is 2.00 bits per heavy atom. The molecule has 92 valence electrons. The van der Waals surface area contributed by atoms with E-state index in [4.69, 9.17) is 26.8 Å². The second-order valence-corrected chi connectivity index (χ2v) is 4.19. The van der Waals surface area contributed by atoms with Crippen LogP contribution in [0.15, 0.2) is 30.3 Å². The standard InChI is InChI=1S/C12H10ClN3O2/c13-11-3-7(14)4-12(16-11)15-8-1-2-9-10(5-8)18-6-17-9/h1-5H,6H2,(H3,14,15,16). The van der Waals surface area contributed by atoms with Gasteiger partial charge in [-0.2, -0.15) is 0 Å². The number of benzene rings is 1. The van der Waals surface area contributed by atoms with Crippen LogP contribution in [0.1, 0.15) is 0 Å². The number of nitrogens with two attached hydrogens (primary N) is 1. The molecular formula is C12H10ClN3O2. The van der Waals surface area contributed by atoms with Gasteiger partial charge in [-0.1, -0.05) is 11.6 Å². The zero-order valence-electron chi connectivity index (χ0n) is 9.31. The van der Waals surface area contributed by atoms with Crippen molar-refractivity contribution in [1.29, 1.82) is 0 Å². The van der Waals surface area contributed by atoms with E-state index in [1.54, 1.807) is 12.1 Å². The molecule has 2 heterocycles. The van der Waals surface area contributed by atoms with Gasteiger partial charge in [0.1, 0.15) is 11.0 Å². The summed E-state index contributed by atoms with van der Waals surface area (Å²) in [5.41, 5.74) is 7.08. The van der Waals surface area contributed by atoms with Gasteiger partial charge < -0.3 is 20.5 Å². The highest BCUT2D eigenvalue weighted by molar-refractivity contribution is 6.29. The normalized spacial score (nSPS) is 12.5. The fraction of sp³-hybridized carbons (Fsp3) is 0.0833. The van der Waals surface area contributed by atoms with Crippen LogP contribution < -0.4 is 20.5 Å².